The van der Waals surface area contributed by atoms with Crippen LogP contribution < -0.4 is 10.1 Å². The molecular weight excluding hydrogens is 378 g/mol. The molecule has 0 radical (unpaired) electrons. The summed E-state index contributed by atoms with van der Waals surface area (Å²) in [5, 5.41) is 3.05. The SMILES string of the molecule is CN(C)S(=O)(=O)N(C)CC(=O)Nc1cc(Cl)ccc1Oc1ccccc1. The van der Waals surface area contributed by atoms with Crippen molar-refractivity contribution in [2.24, 2.45) is 0 Å². The standard InChI is InChI=1S/C17H20ClN3O4S/c1-20(2)26(23,24)21(3)12-17(22)19-15-11-13(18)9-10-16(15)25-14-7-5-4-6-8-14/h4-11H,12H2,1-3H3,(H,19,22). The van der Waals surface area contributed by atoms with Crippen molar-refractivity contribution in [1.29, 1.82) is 0 Å². The van der Waals surface area contributed by atoms with Crippen molar-refractivity contribution in [3.63, 3.8) is 0 Å². The van der Waals surface area contributed by atoms with Gasteiger partial charge in [-0.25, -0.2) is 0 Å². The van der Waals surface area contributed by atoms with Gasteiger partial charge in [0, 0.05) is 26.2 Å². The Morgan fingerprint density at radius 1 is 1.12 bits per heavy atom. The van der Waals surface area contributed by atoms with Crippen LogP contribution in [0.3, 0.4) is 0 Å². The fourth-order valence-corrected chi connectivity index (χ4v) is 3.07. The molecule has 0 atom stereocenters. The first kappa shape index (κ1) is 20.2. The van der Waals surface area contributed by atoms with Crippen LogP contribution in [0.4, 0.5) is 5.69 Å². The average molecular weight is 398 g/mol. The summed E-state index contributed by atoms with van der Waals surface area (Å²) in [6.07, 6.45) is 0. The summed E-state index contributed by atoms with van der Waals surface area (Å²) in [7, 11) is 0.436. The molecule has 1 amide bonds. The Hall–Kier alpha value is -2.13. The Balaban J connectivity index is 2.15. The molecule has 0 fully saturated rings. The average Bonchev–Trinajstić information content (AvgIpc) is 2.58. The van der Waals surface area contributed by atoms with Gasteiger partial charge in [0.15, 0.2) is 5.75 Å². The van der Waals surface area contributed by atoms with Crippen molar-refractivity contribution >= 4 is 33.4 Å². The van der Waals surface area contributed by atoms with Crippen molar-refractivity contribution in [2.45, 2.75) is 0 Å². The minimum Gasteiger partial charge on any atom is -0.455 e. The maximum absolute atomic E-state index is 12.3. The number of halogens is 1. The number of rotatable bonds is 7. The number of benzene rings is 2. The summed E-state index contributed by atoms with van der Waals surface area (Å²) in [6, 6.07) is 13.9. The quantitative estimate of drug-likeness (QED) is 0.779. The van der Waals surface area contributed by atoms with Gasteiger partial charge in [-0.2, -0.15) is 17.0 Å². The summed E-state index contributed by atoms with van der Waals surface area (Å²) >= 11 is 6.00. The predicted molar refractivity (Wildman–Crippen MR) is 102 cm³/mol. The summed E-state index contributed by atoms with van der Waals surface area (Å²) in [6.45, 7) is -0.349. The highest BCUT2D eigenvalue weighted by Crippen LogP contribution is 2.32. The number of hydrogen-bond donors (Lipinski definition) is 1. The maximum Gasteiger partial charge on any atom is 0.281 e. The number of para-hydroxylation sites is 1. The van der Waals surface area contributed by atoms with Gasteiger partial charge in [-0.3, -0.25) is 4.79 Å². The topological polar surface area (TPSA) is 79.0 Å². The minimum absolute atomic E-state index is 0.349. The fourth-order valence-electron chi connectivity index (χ4n) is 2.06. The lowest BCUT2D eigenvalue weighted by Gasteiger charge is -2.21. The first-order chi connectivity index (χ1) is 12.2. The van der Waals surface area contributed by atoms with Crippen LogP contribution in [0.15, 0.2) is 48.5 Å². The number of hydrogen-bond acceptors (Lipinski definition) is 4. The van der Waals surface area contributed by atoms with E-state index in [0.717, 1.165) is 8.61 Å². The summed E-state index contributed by atoms with van der Waals surface area (Å²) in [4.78, 5) is 12.3. The molecule has 7 nitrogen and oxygen atoms in total. The van der Waals surface area contributed by atoms with Crippen LogP contribution in [0.25, 0.3) is 0 Å². The number of carbonyl (C=O) groups excluding carboxylic acids is 1. The Bertz CT molecular complexity index is 873. The number of anilines is 1. The molecule has 0 aliphatic carbocycles. The molecule has 0 aromatic heterocycles. The molecule has 0 unspecified atom stereocenters. The van der Waals surface area contributed by atoms with Crippen molar-refractivity contribution < 1.29 is 17.9 Å². The van der Waals surface area contributed by atoms with Crippen LogP contribution in [0.2, 0.25) is 5.02 Å². The van der Waals surface area contributed by atoms with Gasteiger partial charge in [0.05, 0.1) is 12.2 Å². The zero-order valence-corrected chi connectivity index (χ0v) is 16.2. The smallest absolute Gasteiger partial charge is 0.281 e. The van der Waals surface area contributed by atoms with E-state index in [-0.39, 0.29) is 6.54 Å². The van der Waals surface area contributed by atoms with E-state index in [4.69, 9.17) is 16.3 Å². The predicted octanol–water partition coefficient (Wildman–Crippen LogP) is 2.81. The van der Waals surface area contributed by atoms with E-state index < -0.39 is 16.1 Å². The summed E-state index contributed by atoms with van der Waals surface area (Å²) in [5.41, 5.74) is 0.349. The molecule has 9 heteroatoms. The molecule has 0 heterocycles. The fraction of sp³-hybridized carbons (Fsp3) is 0.235. The molecule has 0 aliphatic heterocycles. The molecule has 2 aromatic carbocycles. The van der Waals surface area contributed by atoms with Crippen LogP contribution in [0.5, 0.6) is 11.5 Å². The Labute approximate surface area is 158 Å². The molecule has 0 bridgehead atoms. The number of nitrogens with zero attached hydrogens (tertiary/aromatic N) is 2. The summed E-state index contributed by atoms with van der Waals surface area (Å²) in [5.74, 6) is 0.475. The van der Waals surface area contributed by atoms with E-state index in [9.17, 15) is 13.2 Å². The normalized spacial score (nSPS) is 11.6. The number of likely N-dealkylation sites (N-methyl/N-ethyl adjacent to an activating group) is 1. The largest absolute Gasteiger partial charge is 0.455 e. The molecule has 140 valence electrons. The molecule has 26 heavy (non-hydrogen) atoms. The molecule has 0 aliphatic rings. The van der Waals surface area contributed by atoms with Gasteiger partial charge in [-0.05, 0) is 30.3 Å². The van der Waals surface area contributed by atoms with E-state index in [1.165, 1.54) is 27.2 Å². The van der Waals surface area contributed by atoms with E-state index in [1.54, 1.807) is 24.3 Å². The number of nitrogens with one attached hydrogen (secondary N) is 1. The van der Waals surface area contributed by atoms with Gasteiger partial charge in [0.1, 0.15) is 5.75 Å². The minimum atomic E-state index is -3.68. The van der Waals surface area contributed by atoms with Crippen molar-refractivity contribution in [3.05, 3.63) is 53.6 Å². The molecule has 0 saturated heterocycles. The summed E-state index contributed by atoms with van der Waals surface area (Å²) < 4.78 is 31.8. The van der Waals surface area contributed by atoms with Crippen LogP contribution in [-0.2, 0) is 15.0 Å². The Morgan fingerprint density at radius 3 is 2.38 bits per heavy atom. The molecular formula is C17H20ClN3O4S. The molecule has 1 N–H and O–H groups in total. The molecule has 2 aromatic rings. The van der Waals surface area contributed by atoms with Gasteiger partial charge >= 0.3 is 0 Å². The maximum atomic E-state index is 12.3. The first-order valence-electron chi connectivity index (χ1n) is 7.66. The lowest BCUT2D eigenvalue weighted by Crippen LogP contribution is -2.41. The van der Waals surface area contributed by atoms with Gasteiger partial charge in [-0.15, -0.1) is 0 Å². The van der Waals surface area contributed by atoms with Crippen LogP contribution >= 0.6 is 11.6 Å². The zero-order valence-electron chi connectivity index (χ0n) is 14.6. The molecule has 0 saturated carbocycles. The highest BCUT2D eigenvalue weighted by atomic mass is 35.5. The van der Waals surface area contributed by atoms with E-state index >= 15 is 0 Å². The van der Waals surface area contributed by atoms with E-state index in [2.05, 4.69) is 5.32 Å². The van der Waals surface area contributed by atoms with E-state index in [1.807, 2.05) is 18.2 Å². The van der Waals surface area contributed by atoms with Crippen LogP contribution in [-0.4, -0.2) is 50.6 Å². The van der Waals surface area contributed by atoms with Gasteiger partial charge < -0.3 is 10.1 Å². The number of ether oxygens (including phenoxy) is 1. The number of carbonyl (C=O) groups is 1. The second-order valence-electron chi connectivity index (χ2n) is 5.65. The Kier molecular flexibility index (Phi) is 6.60. The highest BCUT2D eigenvalue weighted by Gasteiger charge is 2.23. The molecule has 0 spiro atoms. The van der Waals surface area contributed by atoms with Crippen molar-refractivity contribution in [3.8, 4) is 11.5 Å². The highest BCUT2D eigenvalue weighted by molar-refractivity contribution is 7.86. The zero-order chi connectivity index (χ0) is 19.3. The van der Waals surface area contributed by atoms with Gasteiger partial charge in [0.2, 0.25) is 5.91 Å². The molecule has 2 rings (SSSR count). The lowest BCUT2D eigenvalue weighted by atomic mass is 10.2. The first-order valence-corrected chi connectivity index (χ1v) is 9.43. The Morgan fingerprint density at radius 2 is 1.77 bits per heavy atom. The van der Waals surface area contributed by atoms with Crippen LogP contribution in [0.1, 0.15) is 0 Å². The lowest BCUT2D eigenvalue weighted by molar-refractivity contribution is -0.116. The van der Waals surface area contributed by atoms with Gasteiger partial charge in [0.25, 0.3) is 10.2 Å². The number of amides is 1. The van der Waals surface area contributed by atoms with Crippen molar-refractivity contribution in [2.75, 3.05) is 33.0 Å². The van der Waals surface area contributed by atoms with Gasteiger partial charge in [-0.1, -0.05) is 29.8 Å². The monoisotopic (exact) mass is 397 g/mol. The second kappa shape index (κ2) is 8.50. The van der Waals surface area contributed by atoms with Crippen LogP contribution in [0, 0.1) is 0 Å². The van der Waals surface area contributed by atoms with E-state index in [0.29, 0.717) is 22.2 Å². The third kappa shape index (κ3) is 5.18. The van der Waals surface area contributed by atoms with Crippen molar-refractivity contribution in [1.82, 2.24) is 8.61 Å². The second-order valence-corrected chi connectivity index (χ2v) is 8.34. The third-order valence-corrected chi connectivity index (χ3v) is 5.48. The third-order valence-electron chi connectivity index (χ3n) is 3.41.